The van der Waals surface area contributed by atoms with Gasteiger partial charge < -0.3 is 9.53 Å². The van der Waals surface area contributed by atoms with Crippen LogP contribution in [0, 0.1) is 0 Å². The van der Waals surface area contributed by atoms with E-state index in [9.17, 15) is 9.59 Å². The van der Waals surface area contributed by atoms with Gasteiger partial charge in [-0.15, -0.1) is 0 Å². The van der Waals surface area contributed by atoms with Crippen molar-refractivity contribution in [3.8, 4) is 0 Å². The molecule has 19 heavy (non-hydrogen) atoms. The zero-order chi connectivity index (χ0) is 14.9. The summed E-state index contributed by atoms with van der Waals surface area (Å²) in [4.78, 5) is 22.2. The lowest BCUT2D eigenvalue weighted by Crippen LogP contribution is -2.33. The SMILES string of the molecule is CCCCCC[Si](C)(C)OC(=O)CC=C(C)C(=O)O. The fourth-order valence-corrected chi connectivity index (χ4v) is 3.61. The molecule has 0 unspecified atom stereocenters. The molecule has 4 nitrogen and oxygen atoms in total. The van der Waals surface area contributed by atoms with E-state index < -0.39 is 14.3 Å². The maximum atomic E-state index is 11.6. The van der Waals surface area contributed by atoms with Gasteiger partial charge in [0.1, 0.15) is 0 Å². The number of carboxylic acids is 1. The van der Waals surface area contributed by atoms with Gasteiger partial charge in [-0.3, -0.25) is 4.79 Å². The molecule has 0 bridgehead atoms. The van der Waals surface area contributed by atoms with Gasteiger partial charge in [0.2, 0.25) is 8.32 Å². The third-order valence-electron chi connectivity index (χ3n) is 2.93. The highest BCUT2D eigenvalue weighted by Crippen LogP contribution is 2.17. The van der Waals surface area contributed by atoms with Crippen molar-refractivity contribution in [1.29, 1.82) is 0 Å². The number of hydrogen-bond acceptors (Lipinski definition) is 3. The third-order valence-corrected chi connectivity index (χ3v) is 5.27. The average Bonchev–Trinajstić information content (AvgIpc) is 2.31. The first-order chi connectivity index (χ1) is 8.78. The number of aliphatic carboxylic acids is 1. The summed E-state index contributed by atoms with van der Waals surface area (Å²) >= 11 is 0. The van der Waals surface area contributed by atoms with Crippen LogP contribution in [0.2, 0.25) is 19.1 Å². The van der Waals surface area contributed by atoms with Crippen LogP contribution in [0.4, 0.5) is 0 Å². The van der Waals surface area contributed by atoms with Crippen LogP contribution in [0.3, 0.4) is 0 Å². The first-order valence-corrected chi connectivity index (χ1v) is 10.0. The van der Waals surface area contributed by atoms with Crippen molar-refractivity contribution in [2.24, 2.45) is 0 Å². The van der Waals surface area contributed by atoms with E-state index in [1.807, 2.05) is 13.1 Å². The Kier molecular flexibility index (Phi) is 8.39. The Morgan fingerprint density at radius 1 is 1.21 bits per heavy atom. The zero-order valence-corrected chi connectivity index (χ0v) is 13.5. The molecule has 0 fully saturated rings. The van der Waals surface area contributed by atoms with Crippen molar-refractivity contribution in [3.05, 3.63) is 11.6 Å². The monoisotopic (exact) mass is 286 g/mol. The quantitative estimate of drug-likeness (QED) is 0.398. The zero-order valence-electron chi connectivity index (χ0n) is 12.5. The van der Waals surface area contributed by atoms with Crippen LogP contribution in [0.1, 0.15) is 46.0 Å². The highest BCUT2D eigenvalue weighted by atomic mass is 28.4. The van der Waals surface area contributed by atoms with E-state index in [4.69, 9.17) is 9.53 Å². The van der Waals surface area contributed by atoms with Gasteiger partial charge in [-0.2, -0.15) is 0 Å². The van der Waals surface area contributed by atoms with Gasteiger partial charge in [0.05, 0.1) is 6.42 Å². The van der Waals surface area contributed by atoms with Crippen LogP contribution in [0.25, 0.3) is 0 Å². The number of rotatable bonds is 9. The number of carbonyl (C=O) groups is 2. The third kappa shape index (κ3) is 9.47. The van der Waals surface area contributed by atoms with Crippen molar-refractivity contribution in [3.63, 3.8) is 0 Å². The first-order valence-electron chi connectivity index (χ1n) is 6.90. The number of unbranched alkanes of at least 4 members (excludes halogenated alkanes) is 3. The Bertz CT molecular complexity index is 334. The molecule has 0 spiro atoms. The van der Waals surface area contributed by atoms with Gasteiger partial charge in [0.25, 0.3) is 5.97 Å². The summed E-state index contributed by atoms with van der Waals surface area (Å²) in [6.45, 7) is 7.71. The fraction of sp³-hybridized carbons (Fsp3) is 0.714. The second kappa shape index (κ2) is 8.91. The molecule has 0 heterocycles. The molecule has 0 aromatic carbocycles. The van der Waals surface area contributed by atoms with E-state index in [2.05, 4.69) is 6.92 Å². The number of carboxylic acid groups (broad SMARTS) is 1. The van der Waals surface area contributed by atoms with Crippen molar-refractivity contribution in [1.82, 2.24) is 0 Å². The van der Waals surface area contributed by atoms with Crippen LogP contribution in [-0.4, -0.2) is 25.4 Å². The van der Waals surface area contributed by atoms with Gasteiger partial charge in [0, 0.05) is 5.57 Å². The molecule has 110 valence electrons. The summed E-state index contributed by atoms with van der Waals surface area (Å²) < 4.78 is 5.51. The summed E-state index contributed by atoms with van der Waals surface area (Å²) in [7, 11) is -1.94. The predicted octanol–water partition coefficient (Wildman–Crippen LogP) is 3.74. The number of carbonyl (C=O) groups excluding carboxylic acids is 1. The topological polar surface area (TPSA) is 63.6 Å². The average molecular weight is 286 g/mol. The summed E-state index contributed by atoms with van der Waals surface area (Å²) in [5.74, 6) is -1.31. The Morgan fingerprint density at radius 3 is 2.37 bits per heavy atom. The van der Waals surface area contributed by atoms with Crippen molar-refractivity contribution in [2.45, 2.75) is 65.1 Å². The lowest BCUT2D eigenvalue weighted by atomic mass is 10.2. The molecule has 0 saturated heterocycles. The molecule has 1 N–H and O–H groups in total. The minimum absolute atomic E-state index is 0.0452. The molecule has 0 aromatic heterocycles. The Labute approximate surface area is 117 Å². The largest absolute Gasteiger partial charge is 0.519 e. The lowest BCUT2D eigenvalue weighted by molar-refractivity contribution is -0.134. The molecule has 0 aromatic rings. The molecule has 0 amide bonds. The normalized spacial score (nSPS) is 12.3. The predicted molar refractivity (Wildman–Crippen MR) is 78.5 cm³/mol. The van der Waals surface area contributed by atoms with Crippen LogP contribution < -0.4 is 0 Å². The maximum absolute atomic E-state index is 11.6. The van der Waals surface area contributed by atoms with E-state index in [0.717, 1.165) is 12.5 Å². The summed E-state index contributed by atoms with van der Waals surface area (Å²) in [5.41, 5.74) is 0.180. The van der Waals surface area contributed by atoms with Crippen molar-refractivity contribution in [2.75, 3.05) is 0 Å². The van der Waals surface area contributed by atoms with E-state index in [0.29, 0.717) is 0 Å². The van der Waals surface area contributed by atoms with E-state index >= 15 is 0 Å². The maximum Gasteiger partial charge on any atom is 0.330 e. The highest BCUT2D eigenvalue weighted by Gasteiger charge is 2.25. The van der Waals surface area contributed by atoms with Crippen LogP contribution in [0.15, 0.2) is 11.6 Å². The minimum Gasteiger partial charge on any atom is -0.519 e. The van der Waals surface area contributed by atoms with Gasteiger partial charge in [0.15, 0.2) is 0 Å². The molecule has 0 saturated carbocycles. The second-order valence-corrected chi connectivity index (χ2v) is 9.66. The van der Waals surface area contributed by atoms with Crippen molar-refractivity contribution >= 4 is 20.3 Å². The van der Waals surface area contributed by atoms with E-state index in [-0.39, 0.29) is 18.0 Å². The molecule has 0 rings (SSSR count). The molecular weight excluding hydrogens is 260 g/mol. The highest BCUT2D eigenvalue weighted by molar-refractivity contribution is 6.72. The lowest BCUT2D eigenvalue weighted by Gasteiger charge is -2.22. The molecular formula is C14H26O4Si. The number of hydrogen-bond donors (Lipinski definition) is 1. The van der Waals surface area contributed by atoms with Crippen LogP contribution >= 0.6 is 0 Å². The fourth-order valence-electron chi connectivity index (χ4n) is 1.70. The molecule has 0 aliphatic rings. The van der Waals surface area contributed by atoms with Crippen LogP contribution in [0.5, 0.6) is 0 Å². The Morgan fingerprint density at radius 2 is 1.84 bits per heavy atom. The molecule has 0 radical (unpaired) electrons. The van der Waals surface area contributed by atoms with Crippen molar-refractivity contribution < 1.29 is 19.1 Å². The summed E-state index contributed by atoms with van der Waals surface area (Å²) in [5, 5.41) is 8.68. The minimum atomic E-state index is -1.94. The molecule has 0 aliphatic heterocycles. The van der Waals surface area contributed by atoms with Gasteiger partial charge in [-0.05, 0) is 26.1 Å². The van der Waals surface area contributed by atoms with Gasteiger partial charge in [-0.25, -0.2) is 4.79 Å². The molecule has 0 atom stereocenters. The molecule has 5 heteroatoms. The summed E-state index contributed by atoms with van der Waals surface area (Å²) in [6.07, 6.45) is 6.16. The van der Waals surface area contributed by atoms with Crippen LogP contribution in [-0.2, 0) is 14.0 Å². The van der Waals surface area contributed by atoms with Gasteiger partial charge in [-0.1, -0.05) is 38.7 Å². The first kappa shape index (κ1) is 17.9. The van der Waals surface area contributed by atoms with E-state index in [1.165, 1.54) is 32.3 Å². The Balaban J connectivity index is 4.08. The smallest absolute Gasteiger partial charge is 0.330 e. The second-order valence-electron chi connectivity index (χ2n) is 5.44. The summed E-state index contributed by atoms with van der Waals surface area (Å²) in [6, 6.07) is 0.973. The Hall–Kier alpha value is -1.10. The van der Waals surface area contributed by atoms with Gasteiger partial charge >= 0.3 is 5.97 Å². The molecule has 0 aliphatic carbocycles. The standard InChI is InChI=1S/C14H26O4Si/c1-5-6-7-8-11-19(3,4)18-13(15)10-9-12(2)14(16)17/h9H,5-8,10-11H2,1-4H3,(H,16,17). The van der Waals surface area contributed by atoms with E-state index in [1.54, 1.807) is 0 Å².